The number of carbonyl (C=O) groups is 1. The van der Waals surface area contributed by atoms with E-state index in [4.69, 9.17) is 14.1 Å². The molecular formula is C23H27N3O3. The first-order valence-electron chi connectivity index (χ1n) is 10.0. The zero-order chi connectivity index (χ0) is 20.4. The van der Waals surface area contributed by atoms with E-state index in [2.05, 4.69) is 25.1 Å². The van der Waals surface area contributed by atoms with Crippen molar-refractivity contribution in [3.05, 3.63) is 59.5 Å². The molecule has 1 amide bonds. The molecule has 0 spiro atoms. The number of aryl methyl sites for hydroxylation is 1. The van der Waals surface area contributed by atoms with Crippen LogP contribution in [0, 0.1) is 6.92 Å². The Morgan fingerprint density at radius 3 is 2.79 bits per heavy atom. The van der Waals surface area contributed by atoms with Crippen molar-refractivity contribution in [3.8, 4) is 0 Å². The fraction of sp³-hybridized carbons (Fsp3) is 0.391. The molecule has 4 rings (SSSR count). The highest BCUT2D eigenvalue weighted by atomic mass is 16.5. The van der Waals surface area contributed by atoms with E-state index in [1.54, 1.807) is 12.1 Å². The second-order valence-electron chi connectivity index (χ2n) is 7.81. The summed E-state index contributed by atoms with van der Waals surface area (Å²) in [5.41, 5.74) is 3.13. The number of para-hydroxylation sites is 1. The second-order valence-corrected chi connectivity index (χ2v) is 7.81. The fourth-order valence-corrected chi connectivity index (χ4v) is 3.90. The molecule has 0 radical (unpaired) electrons. The quantitative estimate of drug-likeness (QED) is 0.633. The van der Waals surface area contributed by atoms with Gasteiger partial charge in [0, 0.05) is 44.7 Å². The SMILES string of the molecule is Cc1cccc2cc(CN(CC3CCCO3)C(=O)c3ccco3)c(N(C)C)nc12. The number of nitrogens with zero attached hydrogens (tertiary/aromatic N) is 3. The minimum atomic E-state index is -0.125. The van der Waals surface area contributed by atoms with Crippen LogP contribution in [0.15, 0.2) is 47.1 Å². The topological polar surface area (TPSA) is 58.8 Å². The van der Waals surface area contributed by atoms with Gasteiger partial charge in [0.05, 0.1) is 17.9 Å². The molecule has 0 saturated carbocycles. The van der Waals surface area contributed by atoms with Crippen LogP contribution >= 0.6 is 0 Å². The van der Waals surface area contributed by atoms with Gasteiger partial charge in [-0.1, -0.05) is 18.2 Å². The Balaban J connectivity index is 1.71. The first-order valence-corrected chi connectivity index (χ1v) is 10.0. The van der Waals surface area contributed by atoms with E-state index in [0.29, 0.717) is 18.8 Å². The Hall–Kier alpha value is -2.86. The normalized spacial score (nSPS) is 16.3. The Bertz CT molecular complexity index is 992. The molecule has 3 aromatic rings. The average molecular weight is 393 g/mol. The highest BCUT2D eigenvalue weighted by molar-refractivity contribution is 5.92. The molecule has 3 heterocycles. The van der Waals surface area contributed by atoms with Gasteiger partial charge in [-0.2, -0.15) is 0 Å². The summed E-state index contributed by atoms with van der Waals surface area (Å²) in [7, 11) is 3.96. The summed E-state index contributed by atoms with van der Waals surface area (Å²) in [5, 5.41) is 1.08. The van der Waals surface area contributed by atoms with Crippen molar-refractivity contribution < 1.29 is 13.9 Å². The smallest absolute Gasteiger partial charge is 0.289 e. The molecule has 1 aliphatic rings. The highest BCUT2D eigenvalue weighted by Crippen LogP contribution is 2.27. The minimum absolute atomic E-state index is 0.0624. The van der Waals surface area contributed by atoms with Gasteiger partial charge in [-0.05, 0) is 43.5 Å². The van der Waals surface area contributed by atoms with E-state index < -0.39 is 0 Å². The standard InChI is InChI=1S/C23H27N3O3/c1-16-7-4-8-17-13-18(22(25(2)3)24-21(16)17)14-26(15-19-9-5-11-28-19)23(27)20-10-6-12-29-20/h4,6-8,10,12-13,19H,5,9,11,14-15H2,1-3H3. The van der Waals surface area contributed by atoms with Gasteiger partial charge < -0.3 is 19.0 Å². The van der Waals surface area contributed by atoms with Crippen molar-refractivity contribution in [2.75, 3.05) is 32.1 Å². The van der Waals surface area contributed by atoms with Crippen LogP contribution in [0.2, 0.25) is 0 Å². The van der Waals surface area contributed by atoms with E-state index in [0.717, 1.165) is 47.3 Å². The molecule has 1 unspecified atom stereocenters. The number of hydrogen-bond donors (Lipinski definition) is 0. The Morgan fingerprint density at radius 1 is 1.24 bits per heavy atom. The van der Waals surface area contributed by atoms with Crippen LogP contribution in [-0.2, 0) is 11.3 Å². The van der Waals surface area contributed by atoms with E-state index >= 15 is 0 Å². The number of fused-ring (bicyclic) bond motifs is 1. The third kappa shape index (κ3) is 4.12. The summed E-state index contributed by atoms with van der Waals surface area (Å²) in [5.74, 6) is 1.09. The lowest BCUT2D eigenvalue weighted by molar-refractivity contribution is 0.0484. The number of pyridine rings is 1. The molecule has 1 atom stereocenters. The molecule has 0 aliphatic carbocycles. The number of furan rings is 1. The fourth-order valence-electron chi connectivity index (χ4n) is 3.90. The average Bonchev–Trinajstić information content (AvgIpc) is 3.41. The van der Waals surface area contributed by atoms with E-state index in [1.807, 2.05) is 30.0 Å². The maximum absolute atomic E-state index is 13.1. The Labute approximate surface area is 171 Å². The van der Waals surface area contributed by atoms with Crippen molar-refractivity contribution in [2.24, 2.45) is 0 Å². The van der Waals surface area contributed by atoms with Gasteiger partial charge >= 0.3 is 0 Å². The van der Waals surface area contributed by atoms with Crippen LogP contribution < -0.4 is 4.90 Å². The van der Waals surface area contributed by atoms with Crippen molar-refractivity contribution in [1.82, 2.24) is 9.88 Å². The van der Waals surface area contributed by atoms with Gasteiger partial charge in [0.25, 0.3) is 5.91 Å². The lowest BCUT2D eigenvalue weighted by Gasteiger charge is -2.27. The van der Waals surface area contributed by atoms with Crippen molar-refractivity contribution in [2.45, 2.75) is 32.4 Å². The van der Waals surface area contributed by atoms with Crippen molar-refractivity contribution in [1.29, 1.82) is 0 Å². The maximum Gasteiger partial charge on any atom is 0.289 e. The third-order valence-corrected chi connectivity index (χ3v) is 5.36. The third-order valence-electron chi connectivity index (χ3n) is 5.36. The summed E-state index contributed by atoms with van der Waals surface area (Å²) in [4.78, 5) is 21.9. The molecule has 29 heavy (non-hydrogen) atoms. The Morgan fingerprint density at radius 2 is 2.10 bits per heavy atom. The molecule has 2 aromatic heterocycles. The summed E-state index contributed by atoms with van der Waals surface area (Å²) in [6.45, 7) is 3.81. The van der Waals surface area contributed by atoms with Crippen LogP contribution in [-0.4, -0.2) is 49.1 Å². The predicted molar refractivity (Wildman–Crippen MR) is 113 cm³/mol. The number of aromatic nitrogens is 1. The van der Waals surface area contributed by atoms with Crippen LogP contribution in [0.3, 0.4) is 0 Å². The number of amides is 1. The van der Waals surface area contributed by atoms with Crippen LogP contribution in [0.5, 0.6) is 0 Å². The minimum Gasteiger partial charge on any atom is -0.459 e. The van der Waals surface area contributed by atoms with Gasteiger partial charge in [-0.15, -0.1) is 0 Å². The molecule has 152 valence electrons. The molecular weight excluding hydrogens is 366 g/mol. The molecule has 6 heteroatoms. The number of rotatable bonds is 6. The summed E-state index contributed by atoms with van der Waals surface area (Å²) in [6, 6.07) is 11.8. The molecule has 1 aromatic carbocycles. The zero-order valence-corrected chi connectivity index (χ0v) is 17.2. The second kappa shape index (κ2) is 8.25. The first-order chi connectivity index (χ1) is 14.0. The van der Waals surface area contributed by atoms with E-state index in [9.17, 15) is 4.79 Å². The van der Waals surface area contributed by atoms with Crippen LogP contribution in [0.1, 0.15) is 34.5 Å². The summed E-state index contributed by atoms with van der Waals surface area (Å²) in [6.07, 6.45) is 3.60. The van der Waals surface area contributed by atoms with Crippen LogP contribution in [0.25, 0.3) is 10.9 Å². The largest absolute Gasteiger partial charge is 0.459 e. The van der Waals surface area contributed by atoms with Gasteiger partial charge in [0.15, 0.2) is 5.76 Å². The molecule has 0 bridgehead atoms. The van der Waals surface area contributed by atoms with E-state index in [-0.39, 0.29) is 12.0 Å². The van der Waals surface area contributed by atoms with Gasteiger partial charge in [-0.25, -0.2) is 4.98 Å². The highest BCUT2D eigenvalue weighted by Gasteiger charge is 2.26. The van der Waals surface area contributed by atoms with Crippen molar-refractivity contribution in [3.63, 3.8) is 0 Å². The zero-order valence-electron chi connectivity index (χ0n) is 17.2. The lowest BCUT2D eigenvalue weighted by Crippen LogP contribution is -2.37. The van der Waals surface area contributed by atoms with Crippen LogP contribution in [0.4, 0.5) is 5.82 Å². The molecule has 1 saturated heterocycles. The predicted octanol–water partition coefficient (Wildman–Crippen LogP) is 4.02. The lowest BCUT2D eigenvalue weighted by atomic mass is 10.1. The molecule has 1 aliphatic heterocycles. The number of carbonyl (C=O) groups excluding carboxylic acids is 1. The molecule has 0 N–H and O–H groups in total. The summed E-state index contributed by atoms with van der Waals surface area (Å²) < 4.78 is 11.2. The number of ether oxygens (including phenoxy) is 1. The number of benzene rings is 1. The van der Waals surface area contributed by atoms with Gasteiger partial charge in [0.2, 0.25) is 0 Å². The number of anilines is 1. The maximum atomic E-state index is 13.1. The molecule has 6 nitrogen and oxygen atoms in total. The van der Waals surface area contributed by atoms with Gasteiger partial charge in [-0.3, -0.25) is 4.79 Å². The first kappa shape index (κ1) is 19.5. The Kier molecular flexibility index (Phi) is 5.53. The van der Waals surface area contributed by atoms with Gasteiger partial charge in [0.1, 0.15) is 5.82 Å². The van der Waals surface area contributed by atoms with E-state index in [1.165, 1.54) is 6.26 Å². The summed E-state index contributed by atoms with van der Waals surface area (Å²) >= 11 is 0. The van der Waals surface area contributed by atoms with Crippen molar-refractivity contribution >= 4 is 22.6 Å². The molecule has 1 fully saturated rings. The monoisotopic (exact) mass is 393 g/mol. The number of hydrogen-bond acceptors (Lipinski definition) is 5.